The molecule has 0 amide bonds. The average molecular weight is 373 g/mol. The SMILES string of the molecule is CCOC(=O)c1cnn2c1CC(N1CCC[C@@H]1c1cc(F)ccc1F)C=C2. The molecule has 2 aliphatic heterocycles. The summed E-state index contributed by atoms with van der Waals surface area (Å²) in [6, 6.07) is 3.42. The fourth-order valence-corrected chi connectivity index (χ4v) is 4.06. The smallest absolute Gasteiger partial charge is 0.341 e. The van der Waals surface area contributed by atoms with Crippen LogP contribution in [0.1, 0.15) is 47.4 Å². The number of esters is 1. The molecule has 2 aliphatic rings. The molecule has 0 spiro atoms. The van der Waals surface area contributed by atoms with E-state index in [1.165, 1.54) is 18.3 Å². The number of carbonyl (C=O) groups is 1. The van der Waals surface area contributed by atoms with Crippen LogP contribution in [-0.4, -0.2) is 39.8 Å². The second kappa shape index (κ2) is 7.23. The van der Waals surface area contributed by atoms with Crippen molar-refractivity contribution in [3.63, 3.8) is 0 Å². The number of likely N-dealkylation sites (tertiary alicyclic amines) is 1. The van der Waals surface area contributed by atoms with Gasteiger partial charge in [0.2, 0.25) is 0 Å². The van der Waals surface area contributed by atoms with Gasteiger partial charge < -0.3 is 4.74 Å². The van der Waals surface area contributed by atoms with Gasteiger partial charge in [0.15, 0.2) is 0 Å². The van der Waals surface area contributed by atoms with Crippen LogP contribution in [0, 0.1) is 11.6 Å². The highest BCUT2D eigenvalue weighted by molar-refractivity contribution is 5.90. The monoisotopic (exact) mass is 373 g/mol. The first-order valence-electron chi connectivity index (χ1n) is 9.21. The maximum absolute atomic E-state index is 14.3. The molecule has 7 heteroatoms. The quantitative estimate of drug-likeness (QED) is 0.769. The highest BCUT2D eigenvalue weighted by Crippen LogP contribution is 2.37. The van der Waals surface area contributed by atoms with Crippen molar-refractivity contribution in [1.29, 1.82) is 0 Å². The molecule has 1 fully saturated rings. The summed E-state index contributed by atoms with van der Waals surface area (Å²) in [5, 5.41) is 4.22. The van der Waals surface area contributed by atoms with E-state index in [9.17, 15) is 13.6 Å². The summed E-state index contributed by atoms with van der Waals surface area (Å²) >= 11 is 0. The number of aromatic nitrogens is 2. The number of hydrogen-bond acceptors (Lipinski definition) is 4. The Labute approximate surface area is 156 Å². The number of hydrogen-bond donors (Lipinski definition) is 0. The van der Waals surface area contributed by atoms with Gasteiger partial charge in [-0.2, -0.15) is 5.10 Å². The molecule has 4 rings (SSSR count). The number of ether oxygens (including phenoxy) is 1. The average Bonchev–Trinajstić information content (AvgIpc) is 3.30. The molecule has 2 atom stereocenters. The molecule has 0 saturated carbocycles. The number of halogens is 2. The van der Waals surface area contributed by atoms with Crippen LogP contribution < -0.4 is 0 Å². The van der Waals surface area contributed by atoms with E-state index in [0.717, 1.165) is 31.1 Å². The highest BCUT2D eigenvalue weighted by Gasteiger charge is 2.35. The lowest BCUT2D eigenvalue weighted by Gasteiger charge is -2.33. The predicted octanol–water partition coefficient (Wildman–Crippen LogP) is 3.57. The van der Waals surface area contributed by atoms with Crippen molar-refractivity contribution in [1.82, 2.24) is 14.7 Å². The van der Waals surface area contributed by atoms with Crippen LogP contribution in [-0.2, 0) is 11.2 Å². The fourth-order valence-electron chi connectivity index (χ4n) is 4.06. The van der Waals surface area contributed by atoms with Gasteiger partial charge in [-0.05, 0) is 50.6 Å². The Morgan fingerprint density at radius 1 is 1.37 bits per heavy atom. The predicted molar refractivity (Wildman–Crippen MR) is 96.0 cm³/mol. The molecule has 1 unspecified atom stereocenters. The van der Waals surface area contributed by atoms with Crippen LogP contribution >= 0.6 is 0 Å². The first kappa shape index (κ1) is 17.9. The van der Waals surface area contributed by atoms with Crippen molar-refractivity contribution in [2.75, 3.05) is 13.2 Å². The minimum Gasteiger partial charge on any atom is -0.462 e. The molecule has 0 bridgehead atoms. The second-order valence-electron chi connectivity index (χ2n) is 6.84. The first-order chi connectivity index (χ1) is 13.1. The normalized spacial score (nSPS) is 22.0. The molecule has 5 nitrogen and oxygen atoms in total. The molecule has 1 aromatic carbocycles. The van der Waals surface area contributed by atoms with Gasteiger partial charge in [-0.1, -0.05) is 0 Å². The summed E-state index contributed by atoms with van der Waals surface area (Å²) in [6.07, 6.45) is 7.60. The molecular formula is C20H21F2N3O2. The molecule has 1 saturated heterocycles. The number of carbonyl (C=O) groups excluding carboxylic acids is 1. The lowest BCUT2D eigenvalue weighted by molar-refractivity contribution is 0.0524. The van der Waals surface area contributed by atoms with E-state index in [0.29, 0.717) is 24.2 Å². The number of rotatable bonds is 4. The zero-order valence-electron chi connectivity index (χ0n) is 15.1. The molecule has 3 heterocycles. The maximum atomic E-state index is 14.3. The summed E-state index contributed by atoms with van der Waals surface area (Å²) in [7, 11) is 0. The third-order valence-electron chi connectivity index (χ3n) is 5.28. The molecular weight excluding hydrogens is 352 g/mol. The van der Waals surface area contributed by atoms with E-state index in [4.69, 9.17) is 4.74 Å². The van der Waals surface area contributed by atoms with E-state index >= 15 is 0 Å². The minimum absolute atomic E-state index is 0.0162. The number of fused-ring (bicyclic) bond motifs is 1. The van der Waals surface area contributed by atoms with Crippen molar-refractivity contribution in [3.8, 4) is 0 Å². The van der Waals surface area contributed by atoms with Crippen LogP contribution in [0.5, 0.6) is 0 Å². The zero-order chi connectivity index (χ0) is 19.0. The van der Waals surface area contributed by atoms with E-state index < -0.39 is 5.82 Å². The molecule has 27 heavy (non-hydrogen) atoms. The Balaban J connectivity index is 1.60. The van der Waals surface area contributed by atoms with E-state index in [1.807, 2.05) is 12.3 Å². The summed E-state index contributed by atoms with van der Waals surface area (Å²) < 4.78 is 34.8. The Hall–Kier alpha value is -2.54. The minimum atomic E-state index is -0.430. The van der Waals surface area contributed by atoms with E-state index in [1.54, 1.807) is 11.6 Å². The lowest BCUT2D eigenvalue weighted by atomic mass is 9.99. The van der Waals surface area contributed by atoms with Gasteiger partial charge in [0, 0.05) is 30.3 Å². The third kappa shape index (κ3) is 3.27. The van der Waals surface area contributed by atoms with Crippen molar-refractivity contribution in [2.24, 2.45) is 0 Å². The zero-order valence-corrected chi connectivity index (χ0v) is 15.1. The number of nitrogens with zero attached hydrogens (tertiary/aromatic N) is 3. The van der Waals surface area contributed by atoms with Crippen LogP contribution in [0.4, 0.5) is 8.78 Å². The molecule has 2 aromatic rings. The molecule has 0 N–H and O–H groups in total. The van der Waals surface area contributed by atoms with Gasteiger partial charge in [-0.25, -0.2) is 18.3 Å². The summed E-state index contributed by atoms with van der Waals surface area (Å²) in [5.74, 6) is -1.20. The third-order valence-corrected chi connectivity index (χ3v) is 5.28. The first-order valence-corrected chi connectivity index (χ1v) is 9.21. The van der Waals surface area contributed by atoms with Gasteiger partial charge in [0.1, 0.15) is 17.2 Å². The van der Waals surface area contributed by atoms with Gasteiger partial charge in [0.05, 0.1) is 18.5 Å². The number of benzene rings is 1. The van der Waals surface area contributed by atoms with Crippen molar-refractivity contribution in [2.45, 2.75) is 38.3 Å². The standard InChI is InChI=1S/C20H21F2N3O2/c1-2-27-20(26)16-12-23-25-9-7-14(11-19(16)25)24-8-3-4-18(24)15-10-13(21)5-6-17(15)22/h5-7,9-10,12,14,18H,2-4,8,11H2,1H3/t14?,18-/m1/s1. The van der Waals surface area contributed by atoms with Crippen LogP contribution in [0.2, 0.25) is 0 Å². The van der Waals surface area contributed by atoms with Gasteiger partial charge in [0.25, 0.3) is 0 Å². The van der Waals surface area contributed by atoms with E-state index in [2.05, 4.69) is 10.00 Å². The van der Waals surface area contributed by atoms with Gasteiger partial charge >= 0.3 is 5.97 Å². The van der Waals surface area contributed by atoms with E-state index in [-0.39, 0.29) is 23.9 Å². The Morgan fingerprint density at radius 2 is 2.22 bits per heavy atom. The molecule has 1 aromatic heterocycles. The highest BCUT2D eigenvalue weighted by atomic mass is 19.1. The molecule has 0 radical (unpaired) electrons. The Bertz CT molecular complexity index is 893. The summed E-state index contributed by atoms with van der Waals surface area (Å²) in [6.45, 7) is 2.85. The van der Waals surface area contributed by atoms with Crippen LogP contribution in [0.15, 0.2) is 30.5 Å². The van der Waals surface area contributed by atoms with Gasteiger partial charge in [-0.3, -0.25) is 4.90 Å². The lowest BCUT2D eigenvalue weighted by Crippen LogP contribution is -2.37. The van der Waals surface area contributed by atoms with Crippen molar-refractivity contribution >= 4 is 12.2 Å². The van der Waals surface area contributed by atoms with Crippen molar-refractivity contribution < 1.29 is 18.3 Å². The summed E-state index contributed by atoms with van der Waals surface area (Å²) in [4.78, 5) is 14.3. The van der Waals surface area contributed by atoms with Gasteiger partial charge in [-0.15, -0.1) is 0 Å². The molecule has 142 valence electrons. The Morgan fingerprint density at radius 3 is 3.04 bits per heavy atom. The fraction of sp³-hybridized carbons (Fsp3) is 0.400. The second-order valence-corrected chi connectivity index (χ2v) is 6.84. The maximum Gasteiger partial charge on any atom is 0.341 e. The molecule has 0 aliphatic carbocycles. The van der Waals surface area contributed by atoms with Crippen molar-refractivity contribution in [3.05, 3.63) is 58.9 Å². The summed E-state index contributed by atoms with van der Waals surface area (Å²) in [5.41, 5.74) is 1.63. The topological polar surface area (TPSA) is 47.4 Å². The van der Waals surface area contributed by atoms with Crippen LogP contribution in [0.3, 0.4) is 0 Å². The largest absolute Gasteiger partial charge is 0.462 e. The Kier molecular flexibility index (Phi) is 4.78. The van der Waals surface area contributed by atoms with Crippen LogP contribution in [0.25, 0.3) is 6.20 Å².